The number of carbonyl (C=O) groups is 3. The number of hydrogen-bond donors (Lipinski definition) is 1. The van der Waals surface area contributed by atoms with Crippen LogP contribution in [0.4, 0.5) is 0 Å². The molecule has 0 aromatic heterocycles. The van der Waals surface area contributed by atoms with Crippen LogP contribution in [0.3, 0.4) is 0 Å². The van der Waals surface area contributed by atoms with Gasteiger partial charge in [0, 0.05) is 17.2 Å². The molecular weight excluding hydrogens is 444 g/mol. The molecule has 4 rings (SSSR count). The van der Waals surface area contributed by atoms with E-state index in [9.17, 15) is 14.4 Å². The molecule has 0 saturated carbocycles. The first kappa shape index (κ1) is 23.8. The van der Waals surface area contributed by atoms with Crippen molar-refractivity contribution < 1.29 is 23.9 Å². The van der Waals surface area contributed by atoms with E-state index in [0.717, 1.165) is 16.7 Å². The summed E-state index contributed by atoms with van der Waals surface area (Å²) < 4.78 is 10.3. The lowest BCUT2D eigenvalue weighted by molar-refractivity contribution is -0.153. The van der Waals surface area contributed by atoms with E-state index < -0.39 is 23.7 Å². The van der Waals surface area contributed by atoms with Crippen LogP contribution in [-0.2, 0) is 20.9 Å². The number of primary amides is 1. The molecule has 2 unspecified atom stereocenters. The summed E-state index contributed by atoms with van der Waals surface area (Å²) in [7, 11) is 2.87. The highest BCUT2D eigenvalue weighted by molar-refractivity contribution is 6.04. The van der Waals surface area contributed by atoms with E-state index >= 15 is 0 Å². The van der Waals surface area contributed by atoms with Crippen LogP contribution >= 0.6 is 0 Å². The fourth-order valence-corrected chi connectivity index (χ4v) is 4.27. The summed E-state index contributed by atoms with van der Waals surface area (Å²) in [5.74, 6) is -2.34. The summed E-state index contributed by atoms with van der Waals surface area (Å²) in [6, 6.07) is 23.5. The Morgan fingerprint density at radius 1 is 0.914 bits per heavy atom. The number of nitrogens with zero attached hydrogens (tertiary/aromatic N) is 1. The maximum atomic E-state index is 13.9. The molecule has 3 aromatic carbocycles. The van der Waals surface area contributed by atoms with Gasteiger partial charge in [-0.1, -0.05) is 60.7 Å². The second kappa shape index (κ2) is 10.3. The van der Waals surface area contributed by atoms with Gasteiger partial charge in [-0.25, -0.2) is 0 Å². The molecule has 3 aromatic rings. The molecule has 1 heterocycles. The van der Waals surface area contributed by atoms with E-state index in [-0.39, 0.29) is 12.5 Å². The van der Waals surface area contributed by atoms with Gasteiger partial charge in [-0.2, -0.15) is 0 Å². The van der Waals surface area contributed by atoms with Crippen molar-refractivity contribution in [1.29, 1.82) is 0 Å². The maximum absolute atomic E-state index is 13.9. The first-order valence-corrected chi connectivity index (χ1v) is 11.1. The number of ether oxygens (including phenoxy) is 2. The van der Waals surface area contributed by atoms with Crippen LogP contribution in [0.5, 0.6) is 5.75 Å². The van der Waals surface area contributed by atoms with E-state index in [1.807, 2.05) is 60.7 Å². The van der Waals surface area contributed by atoms with Crippen molar-refractivity contribution in [3.05, 3.63) is 107 Å². The molecule has 0 radical (unpaired) electrons. The van der Waals surface area contributed by atoms with Gasteiger partial charge in [0.25, 0.3) is 0 Å². The Hall–Kier alpha value is -4.39. The number of methoxy groups -OCH3 is 2. The summed E-state index contributed by atoms with van der Waals surface area (Å²) in [6.45, 7) is 0.237. The molecule has 35 heavy (non-hydrogen) atoms. The molecule has 1 aliphatic rings. The zero-order valence-corrected chi connectivity index (χ0v) is 19.5. The largest absolute Gasteiger partial charge is 0.497 e. The monoisotopic (exact) mass is 470 g/mol. The third kappa shape index (κ3) is 4.94. The van der Waals surface area contributed by atoms with Crippen molar-refractivity contribution in [1.82, 2.24) is 4.90 Å². The topological polar surface area (TPSA) is 98.9 Å². The number of allylic oxidation sites excluding steroid dienone is 1. The average Bonchev–Trinajstić information content (AvgIpc) is 2.90. The number of hydrogen-bond acceptors (Lipinski definition) is 5. The van der Waals surface area contributed by atoms with Crippen molar-refractivity contribution in [2.45, 2.75) is 12.5 Å². The Morgan fingerprint density at radius 2 is 1.57 bits per heavy atom. The molecule has 178 valence electrons. The predicted molar refractivity (Wildman–Crippen MR) is 131 cm³/mol. The normalized spacial score (nSPS) is 17.5. The minimum atomic E-state index is -1.03. The summed E-state index contributed by atoms with van der Waals surface area (Å²) in [4.78, 5) is 39.9. The lowest BCUT2D eigenvalue weighted by Gasteiger charge is -2.37. The van der Waals surface area contributed by atoms with Crippen molar-refractivity contribution in [3.8, 4) is 5.75 Å². The zero-order chi connectivity index (χ0) is 24.9. The van der Waals surface area contributed by atoms with Crippen LogP contribution in [0.15, 0.2) is 84.9 Å². The summed E-state index contributed by atoms with van der Waals surface area (Å²) >= 11 is 0. The Bertz CT molecular complexity index is 1250. The molecule has 0 fully saturated rings. The van der Waals surface area contributed by atoms with E-state index in [2.05, 4.69) is 0 Å². The molecule has 2 amide bonds. The van der Waals surface area contributed by atoms with Gasteiger partial charge in [0.2, 0.25) is 11.8 Å². The van der Waals surface area contributed by atoms with Gasteiger partial charge in [-0.3, -0.25) is 14.4 Å². The van der Waals surface area contributed by atoms with Crippen molar-refractivity contribution >= 4 is 23.5 Å². The number of esters is 1. The lowest BCUT2D eigenvalue weighted by Crippen LogP contribution is -2.44. The number of rotatable bonds is 7. The third-order valence-corrected chi connectivity index (χ3v) is 6.12. The van der Waals surface area contributed by atoms with Gasteiger partial charge in [0.15, 0.2) is 0 Å². The molecule has 7 nitrogen and oxygen atoms in total. The number of benzene rings is 3. The molecule has 1 aliphatic heterocycles. The Kier molecular flexibility index (Phi) is 6.96. The van der Waals surface area contributed by atoms with Gasteiger partial charge < -0.3 is 20.1 Å². The maximum Gasteiger partial charge on any atom is 0.319 e. The van der Waals surface area contributed by atoms with Crippen LogP contribution in [0, 0.1) is 5.92 Å². The third-order valence-electron chi connectivity index (χ3n) is 6.12. The Balaban J connectivity index is 1.84. The van der Waals surface area contributed by atoms with Crippen LogP contribution in [-0.4, -0.2) is 36.9 Å². The Morgan fingerprint density at radius 3 is 2.14 bits per heavy atom. The van der Waals surface area contributed by atoms with Gasteiger partial charge in [0.1, 0.15) is 11.7 Å². The summed E-state index contributed by atoms with van der Waals surface area (Å²) in [5.41, 5.74) is 8.81. The minimum absolute atomic E-state index is 0.237. The van der Waals surface area contributed by atoms with Crippen LogP contribution < -0.4 is 10.5 Å². The fraction of sp³-hybridized carbons (Fsp3) is 0.179. The standard InChI is InChI=1S/C28H26N2O5/c1-34-22-14-8-18(9-15-22)17-30-24(20-10-12-21(13-11-20)26(29)31)16-23(19-6-4-3-5-7-19)25(27(30)32)28(33)35-2/h3-16,23,25H,17H2,1-2H3,(H2,29,31). The second-order valence-corrected chi connectivity index (χ2v) is 8.20. The van der Waals surface area contributed by atoms with E-state index in [1.165, 1.54) is 7.11 Å². The molecule has 0 spiro atoms. The quantitative estimate of drug-likeness (QED) is 0.419. The first-order valence-electron chi connectivity index (χ1n) is 11.1. The minimum Gasteiger partial charge on any atom is -0.497 e. The van der Waals surface area contributed by atoms with Gasteiger partial charge in [-0.05, 0) is 41.0 Å². The van der Waals surface area contributed by atoms with Gasteiger partial charge in [-0.15, -0.1) is 0 Å². The van der Waals surface area contributed by atoms with E-state index in [1.54, 1.807) is 36.3 Å². The SMILES string of the molecule is COC(=O)C1C(=O)N(Cc2ccc(OC)cc2)C(c2ccc(C(N)=O)cc2)=CC1c1ccccc1. The molecular formula is C28H26N2O5. The van der Waals surface area contributed by atoms with Gasteiger partial charge >= 0.3 is 5.97 Å². The lowest BCUT2D eigenvalue weighted by atomic mass is 9.80. The number of carbonyl (C=O) groups excluding carboxylic acids is 3. The summed E-state index contributed by atoms with van der Waals surface area (Å²) in [6.07, 6.45) is 1.92. The molecule has 0 bridgehead atoms. The Labute approximate surface area is 203 Å². The molecule has 0 saturated heterocycles. The van der Waals surface area contributed by atoms with Crippen molar-refractivity contribution in [3.63, 3.8) is 0 Å². The second-order valence-electron chi connectivity index (χ2n) is 8.20. The van der Waals surface area contributed by atoms with Gasteiger partial charge in [0.05, 0.1) is 20.8 Å². The van der Waals surface area contributed by atoms with Crippen LogP contribution in [0.2, 0.25) is 0 Å². The number of nitrogens with two attached hydrogens (primary N) is 1. The van der Waals surface area contributed by atoms with E-state index in [4.69, 9.17) is 15.2 Å². The highest BCUT2D eigenvalue weighted by Crippen LogP contribution is 2.39. The zero-order valence-electron chi connectivity index (χ0n) is 19.5. The van der Waals surface area contributed by atoms with E-state index in [0.29, 0.717) is 17.0 Å². The molecule has 2 atom stereocenters. The van der Waals surface area contributed by atoms with Crippen LogP contribution in [0.1, 0.15) is 33.0 Å². The highest BCUT2D eigenvalue weighted by Gasteiger charge is 2.43. The first-order chi connectivity index (χ1) is 16.9. The number of amides is 2. The average molecular weight is 471 g/mol. The highest BCUT2D eigenvalue weighted by atomic mass is 16.5. The summed E-state index contributed by atoms with van der Waals surface area (Å²) in [5, 5.41) is 0. The van der Waals surface area contributed by atoms with Crippen molar-refractivity contribution in [2.75, 3.05) is 14.2 Å². The molecule has 0 aliphatic carbocycles. The predicted octanol–water partition coefficient (Wildman–Crippen LogP) is 3.75. The fourth-order valence-electron chi connectivity index (χ4n) is 4.27. The van der Waals surface area contributed by atoms with Crippen LogP contribution in [0.25, 0.3) is 5.70 Å². The smallest absolute Gasteiger partial charge is 0.319 e. The molecule has 7 heteroatoms. The van der Waals surface area contributed by atoms with Crippen molar-refractivity contribution in [2.24, 2.45) is 11.7 Å². The molecule has 2 N–H and O–H groups in total.